The van der Waals surface area contributed by atoms with Gasteiger partial charge in [0.1, 0.15) is 0 Å². The molecule has 0 radical (unpaired) electrons. The van der Waals surface area contributed by atoms with Crippen LogP contribution in [0.1, 0.15) is 31.2 Å². The number of anilines is 1. The van der Waals surface area contributed by atoms with Crippen LogP contribution in [0.3, 0.4) is 0 Å². The molecule has 3 N–H and O–H groups in total. The van der Waals surface area contributed by atoms with Crippen molar-refractivity contribution in [3.05, 3.63) is 22.7 Å². The Labute approximate surface area is 140 Å². The maximum Gasteiger partial charge on any atom is 0.233 e. The second-order valence-electron chi connectivity index (χ2n) is 5.65. The van der Waals surface area contributed by atoms with Crippen molar-refractivity contribution in [2.45, 2.75) is 31.7 Å². The van der Waals surface area contributed by atoms with Gasteiger partial charge in [0.05, 0.1) is 23.7 Å². The first-order valence-corrected chi connectivity index (χ1v) is 8.02. The van der Waals surface area contributed by atoms with Crippen molar-refractivity contribution in [1.29, 1.82) is 0 Å². The van der Waals surface area contributed by atoms with E-state index in [0.29, 0.717) is 29.2 Å². The molecular formula is C16H22ClN3O3. The number of carbonyl (C=O) groups is 2. The van der Waals surface area contributed by atoms with Crippen LogP contribution in [-0.4, -0.2) is 38.6 Å². The molecule has 1 fully saturated rings. The average molecular weight is 340 g/mol. The van der Waals surface area contributed by atoms with Crippen LogP contribution < -0.4 is 20.7 Å². The van der Waals surface area contributed by atoms with Crippen LogP contribution in [0.25, 0.3) is 0 Å². The summed E-state index contributed by atoms with van der Waals surface area (Å²) in [6.45, 7) is 3.47. The van der Waals surface area contributed by atoms with Gasteiger partial charge in [0.15, 0.2) is 5.75 Å². The molecule has 6 nitrogen and oxygen atoms in total. The Kier molecular flexibility index (Phi) is 5.85. The highest BCUT2D eigenvalue weighted by Crippen LogP contribution is 2.42. The molecule has 1 heterocycles. The molecule has 0 saturated carbocycles. The van der Waals surface area contributed by atoms with Crippen LogP contribution in [0.15, 0.2) is 12.1 Å². The van der Waals surface area contributed by atoms with E-state index in [4.69, 9.17) is 22.1 Å². The quantitative estimate of drug-likeness (QED) is 0.738. The van der Waals surface area contributed by atoms with Crippen LogP contribution in [0, 0.1) is 0 Å². The molecule has 1 atom stereocenters. The lowest BCUT2D eigenvalue weighted by Gasteiger charge is -2.39. The molecule has 0 aromatic heterocycles. The summed E-state index contributed by atoms with van der Waals surface area (Å²) in [5, 5.41) is 2.62. The summed E-state index contributed by atoms with van der Waals surface area (Å²) in [6.07, 6.45) is 1.78. The lowest BCUT2D eigenvalue weighted by molar-refractivity contribution is -0.126. The summed E-state index contributed by atoms with van der Waals surface area (Å²) in [4.78, 5) is 24.8. The van der Waals surface area contributed by atoms with E-state index >= 15 is 0 Å². The Bertz CT molecular complexity index is 588. The lowest BCUT2D eigenvalue weighted by atomic mass is 9.92. The fraction of sp³-hybridized carbons (Fsp3) is 0.500. The number of hydrogen-bond acceptors (Lipinski definition) is 5. The van der Waals surface area contributed by atoms with Gasteiger partial charge in [0.2, 0.25) is 12.3 Å². The molecule has 1 unspecified atom stereocenters. The van der Waals surface area contributed by atoms with Crippen molar-refractivity contribution >= 4 is 29.6 Å². The number of halogens is 1. The predicted molar refractivity (Wildman–Crippen MR) is 90.0 cm³/mol. The van der Waals surface area contributed by atoms with E-state index in [1.807, 2.05) is 19.1 Å². The zero-order chi connectivity index (χ0) is 17.0. The van der Waals surface area contributed by atoms with E-state index in [9.17, 15) is 9.59 Å². The number of nitrogens with zero attached hydrogens (tertiary/aromatic N) is 1. The number of methoxy groups -OCH3 is 1. The molecule has 2 rings (SSSR count). The summed E-state index contributed by atoms with van der Waals surface area (Å²) in [6, 6.07) is 3.88. The summed E-state index contributed by atoms with van der Waals surface area (Å²) >= 11 is 6.50. The monoisotopic (exact) mass is 339 g/mol. The van der Waals surface area contributed by atoms with E-state index in [1.165, 1.54) is 0 Å². The topological polar surface area (TPSA) is 84.7 Å². The van der Waals surface area contributed by atoms with Crippen LogP contribution in [-0.2, 0) is 9.59 Å². The molecule has 1 aromatic rings. The first-order chi connectivity index (χ1) is 11.0. The minimum absolute atomic E-state index is 0.157. The fourth-order valence-electron chi connectivity index (χ4n) is 2.86. The Morgan fingerprint density at radius 3 is 2.78 bits per heavy atom. The van der Waals surface area contributed by atoms with Gasteiger partial charge in [0, 0.05) is 19.1 Å². The van der Waals surface area contributed by atoms with E-state index in [-0.39, 0.29) is 11.9 Å². The predicted octanol–water partition coefficient (Wildman–Crippen LogP) is 1.65. The number of nitrogens with two attached hydrogens (primary N) is 1. The number of hydrogen-bond donors (Lipinski definition) is 2. The summed E-state index contributed by atoms with van der Waals surface area (Å²) < 4.78 is 5.46. The largest absolute Gasteiger partial charge is 0.493 e. The SMILES string of the molecule is CCCC(C(=O)NC=O)c1ccc(N2CC(N)C2)c(OC)c1Cl. The molecule has 0 aliphatic carbocycles. The van der Waals surface area contributed by atoms with Crippen LogP contribution in [0.2, 0.25) is 5.02 Å². The standard InChI is InChI=1S/C16H22ClN3O3/c1-3-4-12(16(22)19-9-21)11-5-6-13(15(23-2)14(11)17)20-7-10(18)8-20/h5-6,9-10,12H,3-4,7-8,18H2,1-2H3,(H,19,21,22). The minimum Gasteiger partial charge on any atom is -0.493 e. The molecule has 0 bridgehead atoms. The fourth-order valence-corrected chi connectivity index (χ4v) is 3.23. The second kappa shape index (κ2) is 7.66. The van der Waals surface area contributed by atoms with Crippen molar-refractivity contribution in [3.63, 3.8) is 0 Å². The van der Waals surface area contributed by atoms with Crippen LogP contribution in [0.4, 0.5) is 5.69 Å². The number of imide groups is 1. The summed E-state index contributed by atoms with van der Waals surface area (Å²) in [7, 11) is 1.55. The highest BCUT2D eigenvalue weighted by molar-refractivity contribution is 6.33. The highest BCUT2D eigenvalue weighted by Gasteiger charge is 2.30. The van der Waals surface area contributed by atoms with Gasteiger partial charge in [-0.3, -0.25) is 14.9 Å². The third-order valence-electron chi connectivity index (χ3n) is 4.03. The van der Waals surface area contributed by atoms with Gasteiger partial charge < -0.3 is 15.4 Å². The maximum absolute atomic E-state index is 12.1. The highest BCUT2D eigenvalue weighted by atomic mass is 35.5. The maximum atomic E-state index is 12.1. The Hall–Kier alpha value is -1.79. The van der Waals surface area contributed by atoms with E-state index in [0.717, 1.165) is 25.2 Å². The van der Waals surface area contributed by atoms with Crippen molar-refractivity contribution in [2.75, 3.05) is 25.1 Å². The molecule has 1 aliphatic rings. The second-order valence-corrected chi connectivity index (χ2v) is 6.03. The lowest BCUT2D eigenvalue weighted by Crippen LogP contribution is -2.56. The van der Waals surface area contributed by atoms with Gasteiger partial charge in [-0.2, -0.15) is 0 Å². The molecule has 23 heavy (non-hydrogen) atoms. The molecule has 7 heteroatoms. The van der Waals surface area contributed by atoms with Gasteiger partial charge in [0.25, 0.3) is 0 Å². The van der Waals surface area contributed by atoms with Gasteiger partial charge in [-0.15, -0.1) is 0 Å². The number of rotatable bonds is 7. The Morgan fingerprint density at radius 1 is 1.57 bits per heavy atom. The third-order valence-corrected chi connectivity index (χ3v) is 4.42. The third kappa shape index (κ3) is 3.59. The minimum atomic E-state index is -0.487. The van der Waals surface area contributed by atoms with Crippen LogP contribution in [0.5, 0.6) is 5.75 Å². The Balaban J connectivity index is 2.38. The summed E-state index contributed by atoms with van der Waals surface area (Å²) in [5.74, 6) is -0.306. The molecular weight excluding hydrogens is 318 g/mol. The van der Waals surface area contributed by atoms with Gasteiger partial charge in [-0.1, -0.05) is 31.0 Å². The van der Waals surface area contributed by atoms with Crippen LogP contribution >= 0.6 is 11.6 Å². The number of carbonyl (C=O) groups excluding carboxylic acids is 2. The first kappa shape index (κ1) is 17.6. The number of benzene rings is 1. The zero-order valence-corrected chi connectivity index (χ0v) is 14.1. The molecule has 0 spiro atoms. The molecule has 1 saturated heterocycles. The molecule has 1 aliphatic heterocycles. The van der Waals surface area contributed by atoms with E-state index in [2.05, 4.69) is 10.2 Å². The number of nitrogens with one attached hydrogen (secondary N) is 1. The first-order valence-electron chi connectivity index (χ1n) is 7.64. The summed E-state index contributed by atoms with van der Waals surface area (Å²) in [5.41, 5.74) is 7.36. The normalized spacial score (nSPS) is 15.7. The molecule has 1 aromatic carbocycles. The number of amides is 2. The molecule has 126 valence electrons. The Morgan fingerprint density at radius 2 is 2.26 bits per heavy atom. The zero-order valence-electron chi connectivity index (χ0n) is 13.3. The van der Waals surface area contributed by atoms with Gasteiger partial charge in [-0.05, 0) is 18.1 Å². The number of ether oxygens (including phenoxy) is 1. The smallest absolute Gasteiger partial charge is 0.233 e. The van der Waals surface area contributed by atoms with Gasteiger partial charge in [-0.25, -0.2) is 0 Å². The van der Waals surface area contributed by atoms with Crippen molar-refractivity contribution in [1.82, 2.24) is 5.32 Å². The van der Waals surface area contributed by atoms with Crippen molar-refractivity contribution in [2.24, 2.45) is 5.73 Å². The molecule has 2 amide bonds. The van der Waals surface area contributed by atoms with Crippen molar-refractivity contribution < 1.29 is 14.3 Å². The van der Waals surface area contributed by atoms with E-state index in [1.54, 1.807) is 7.11 Å². The average Bonchev–Trinajstić information content (AvgIpc) is 2.50. The van der Waals surface area contributed by atoms with Crippen molar-refractivity contribution in [3.8, 4) is 5.75 Å². The van der Waals surface area contributed by atoms with E-state index < -0.39 is 5.92 Å². The van der Waals surface area contributed by atoms with Gasteiger partial charge >= 0.3 is 0 Å².